The second-order valence-electron chi connectivity index (χ2n) is 9.61. The van der Waals surface area contributed by atoms with E-state index >= 15 is 0 Å². The minimum atomic E-state index is 0.104. The molecular weight excluding hydrogens is 500 g/mol. The normalized spacial score (nSPS) is 18.9. The number of hydrogen-bond donors (Lipinski definition) is 1. The molecule has 3 aliphatic heterocycles. The van der Waals surface area contributed by atoms with Crippen molar-refractivity contribution in [3.63, 3.8) is 0 Å². The third kappa shape index (κ3) is 5.39. The quantitative estimate of drug-likeness (QED) is 0.435. The van der Waals surface area contributed by atoms with Crippen molar-refractivity contribution in [2.45, 2.75) is 12.1 Å². The minimum Gasteiger partial charge on any atom is -0.486 e. The van der Waals surface area contributed by atoms with Gasteiger partial charge in [0.2, 0.25) is 5.95 Å². The lowest BCUT2D eigenvalue weighted by Crippen LogP contribution is -2.56. The molecular formula is C27H30N8O2S. The second-order valence-corrected chi connectivity index (χ2v) is 10.5. The molecule has 0 amide bonds. The number of ether oxygens (including phenoxy) is 2. The molecule has 0 saturated carbocycles. The summed E-state index contributed by atoms with van der Waals surface area (Å²) >= 11 is 1.70. The first kappa shape index (κ1) is 24.9. The van der Waals surface area contributed by atoms with Crippen molar-refractivity contribution in [2.75, 3.05) is 69.0 Å². The van der Waals surface area contributed by atoms with Gasteiger partial charge in [-0.05, 0) is 48.7 Å². The van der Waals surface area contributed by atoms with Gasteiger partial charge in [-0.1, -0.05) is 11.9 Å². The van der Waals surface area contributed by atoms with Crippen molar-refractivity contribution < 1.29 is 9.47 Å². The minimum absolute atomic E-state index is 0.104. The zero-order chi connectivity index (χ0) is 25.9. The summed E-state index contributed by atoms with van der Waals surface area (Å²) in [5.41, 5.74) is 3.32. The van der Waals surface area contributed by atoms with Crippen LogP contribution in [-0.4, -0.2) is 95.0 Å². The van der Waals surface area contributed by atoms with Gasteiger partial charge in [0.25, 0.3) is 0 Å². The monoisotopic (exact) mass is 530 g/mol. The van der Waals surface area contributed by atoms with Gasteiger partial charge >= 0.3 is 0 Å². The zero-order valence-electron chi connectivity index (χ0n) is 21.3. The summed E-state index contributed by atoms with van der Waals surface area (Å²) in [5.74, 6) is 1.53. The Morgan fingerprint density at radius 3 is 2.53 bits per heavy atom. The van der Waals surface area contributed by atoms with E-state index in [1.54, 1.807) is 18.0 Å². The largest absolute Gasteiger partial charge is 0.486 e. The van der Waals surface area contributed by atoms with Gasteiger partial charge in [0.05, 0.1) is 24.8 Å². The maximum atomic E-state index is 9.69. The molecule has 3 aromatic rings. The van der Waals surface area contributed by atoms with Crippen LogP contribution < -0.4 is 15.0 Å². The summed E-state index contributed by atoms with van der Waals surface area (Å²) in [6.07, 6.45) is 3.63. The smallest absolute Gasteiger partial charge is 0.230 e. The molecule has 0 atom stereocenters. The molecule has 0 bridgehead atoms. The van der Waals surface area contributed by atoms with Crippen LogP contribution >= 0.6 is 11.9 Å². The molecule has 4 heterocycles. The number of nitrogens with one attached hydrogen (secondary N) is 1. The highest BCUT2D eigenvalue weighted by Gasteiger charge is 2.29. The van der Waals surface area contributed by atoms with Gasteiger partial charge in [-0.15, -0.1) is 0 Å². The van der Waals surface area contributed by atoms with E-state index < -0.39 is 0 Å². The predicted octanol–water partition coefficient (Wildman–Crippen LogP) is 3.02. The van der Waals surface area contributed by atoms with Gasteiger partial charge in [0, 0.05) is 56.2 Å². The van der Waals surface area contributed by atoms with Gasteiger partial charge < -0.3 is 19.7 Å². The molecule has 38 heavy (non-hydrogen) atoms. The first-order chi connectivity index (χ1) is 18.7. The average molecular weight is 531 g/mol. The molecule has 0 spiro atoms. The van der Waals surface area contributed by atoms with Crippen molar-refractivity contribution in [1.82, 2.24) is 24.2 Å². The van der Waals surface area contributed by atoms with E-state index in [1.807, 2.05) is 30.5 Å². The van der Waals surface area contributed by atoms with E-state index in [0.29, 0.717) is 29.1 Å². The van der Waals surface area contributed by atoms with Gasteiger partial charge in [-0.3, -0.25) is 4.90 Å². The maximum absolute atomic E-state index is 9.69. The van der Waals surface area contributed by atoms with Crippen molar-refractivity contribution in [3.8, 4) is 23.2 Å². The van der Waals surface area contributed by atoms with Gasteiger partial charge in [0.15, 0.2) is 5.82 Å². The first-order valence-corrected chi connectivity index (χ1v) is 14.0. The van der Waals surface area contributed by atoms with Crippen LogP contribution in [0.15, 0.2) is 48.8 Å². The van der Waals surface area contributed by atoms with E-state index in [0.717, 1.165) is 63.7 Å². The summed E-state index contributed by atoms with van der Waals surface area (Å²) < 4.78 is 13.6. The summed E-state index contributed by atoms with van der Waals surface area (Å²) in [6, 6.07) is 16.7. The lowest BCUT2D eigenvalue weighted by atomic mass is 10.1. The van der Waals surface area contributed by atoms with Crippen LogP contribution in [0.3, 0.4) is 0 Å². The van der Waals surface area contributed by atoms with Crippen LogP contribution in [0.25, 0.3) is 11.4 Å². The van der Waals surface area contributed by atoms with Crippen LogP contribution in [0.5, 0.6) is 5.75 Å². The molecule has 2 aromatic carbocycles. The Bertz CT molecular complexity index is 1300. The first-order valence-electron chi connectivity index (χ1n) is 12.8. The van der Waals surface area contributed by atoms with Gasteiger partial charge in [0.1, 0.15) is 24.3 Å². The average Bonchev–Trinajstić information content (AvgIpc) is 2.90. The highest BCUT2D eigenvalue weighted by atomic mass is 32.2. The Hall–Kier alpha value is -3.43. The number of nitriles is 1. The van der Waals surface area contributed by atoms with E-state index in [-0.39, 0.29) is 6.10 Å². The van der Waals surface area contributed by atoms with Crippen molar-refractivity contribution in [1.29, 1.82) is 5.26 Å². The molecule has 11 heteroatoms. The third-order valence-electron chi connectivity index (χ3n) is 7.24. The molecule has 3 fully saturated rings. The topological polar surface area (TPSA) is 103 Å². The maximum Gasteiger partial charge on any atom is 0.230 e. The van der Waals surface area contributed by atoms with E-state index in [2.05, 4.69) is 52.6 Å². The molecule has 1 aromatic heterocycles. The van der Waals surface area contributed by atoms with Crippen molar-refractivity contribution >= 4 is 29.3 Å². The second kappa shape index (κ2) is 11.1. The molecule has 6 rings (SSSR count). The zero-order valence-corrected chi connectivity index (χ0v) is 22.1. The van der Waals surface area contributed by atoms with Crippen LogP contribution in [0.4, 0.5) is 17.3 Å². The lowest BCUT2D eigenvalue weighted by Gasteiger charge is -2.43. The molecule has 3 aliphatic rings. The third-order valence-corrected chi connectivity index (χ3v) is 8.05. The Balaban J connectivity index is 1.09. The summed E-state index contributed by atoms with van der Waals surface area (Å²) in [7, 11) is 0. The summed E-state index contributed by atoms with van der Waals surface area (Å²) in [5, 5.41) is 13.0. The predicted molar refractivity (Wildman–Crippen MR) is 148 cm³/mol. The Morgan fingerprint density at radius 2 is 1.84 bits per heavy atom. The Morgan fingerprint density at radius 1 is 1.05 bits per heavy atom. The van der Waals surface area contributed by atoms with Crippen LogP contribution in [0.2, 0.25) is 0 Å². The summed E-state index contributed by atoms with van der Waals surface area (Å²) in [4.78, 5) is 18.2. The van der Waals surface area contributed by atoms with E-state index in [1.165, 1.54) is 12.0 Å². The fourth-order valence-corrected chi connectivity index (χ4v) is 5.45. The number of anilines is 3. The number of nitrogens with zero attached hydrogens (tertiary/aromatic N) is 7. The standard InChI is InChI=1S/C27H30N8O2S/c1-38-35-14-24(15-35)37-25-7-2-19(12-20(25)13-28)26-29-18-30-27(32-26)31-21-3-5-22(6-4-21)33-8-10-34(11-9-33)23-16-36-17-23/h2-7,12,18,23-24H,8-11,14-17H2,1H3,(H,29,30,31,32). The lowest BCUT2D eigenvalue weighted by molar-refractivity contribution is -0.0660. The number of aromatic nitrogens is 3. The van der Waals surface area contributed by atoms with Crippen molar-refractivity contribution in [3.05, 3.63) is 54.4 Å². The fourth-order valence-electron chi connectivity index (χ4n) is 4.82. The number of benzene rings is 2. The van der Waals surface area contributed by atoms with Crippen LogP contribution in [-0.2, 0) is 4.74 Å². The molecule has 0 radical (unpaired) electrons. The number of piperazine rings is 1. The molecule has 0 unspecified atom stereocenters. The highest BCUT2D eigenvalue weighted by Crippen LogP contribution is 2.29. The van der Waals surface area contributed by atoms with E-state index in [4.69, 9.17) is 9.47 Å². The molecule has 10 nitrogen and oxygen atoms in total. The van der Waals surface area contributed by atoms with Gasteiger partial charge in [-0.2, -0.15) is 10.2 Å². The Labute approximate surface area is 226 Å². The SMILES string of the molecule is CSN1CC(Oc2ccc(-c3ncnc(Nc4ccc(N5CCN(C6COC6)CC5)cc4)n3)cc2C#N)C1. The Kier molecular flexibility index (Phi) is 7.29. The molecule has 1 N–H and O–H groups in total. The highest BCUT2D eigenvalue weighted by molar-refractivity contribution is 7.96. The fraction of sp³-hybridized carbons (Fsp3) is 0.407. The molecule has 3 saturated heterocycles. The van der Waals surface area contributed by atoms with E-state index in [9.17, 15) is 5.26 Å². The molecule has 196 valence electrons. The van der Waals surface area contributed by atoms with Crippen LogP contribution in [0.1, 0.15) is 5.56 Å². The van der Waals surface area contributed by atoms with Crippen LogP contribution in [0, 0.1) is 11.3 Å². The summed E-state index contributed by atoms with van der Waals surface area (Å²) in [6.45, 7) is 7.62. The van der Waals surface area contributed by atoms with Gasteiger partial charge in [-0.25, -0.2) is 14.3 Å². The molecule has 0 aliphatic carbocycles. The number of rotatable bonds is 8. The van der Waals surface area contributed by atoms with Crippen molar-refractivity contribution in [2.24, 2.45) is 0 Å². The number of hydrogen-bond acceptors (Lipinski definition) is 11.